The Labute approximate surface area is 155 Å². The van der Waals surface area contributed by atoms with Gasteiger partial charge in [-0.05, 0) is 72.8 Å². The maximum Gasteiger partial charge on any atom is 0.485 e. The summed E-state index contributed by atoms with van der Waals surface area (Å²) in [7, 11) is -6.09. The topological polar surface area (TPSA) is 57.2 Å². The summed E-state index contributed by atoms with van der Waals surface area (Å²) in [4.78, 5) is 0. The first kappa shape index (κ1) is 20.5. The fourth-order valence-electron chi connectivity index (χ4n) is 2.31. The first-order chi connectivity index (χ1) is 12.7. The van der Waals surface area contributed by atoms with Crippen molar-refractivity contribution >= 4 is 10.1 Å². The molecular formula is C20H15F3O3S. The van der Waals surface area contributed by atoms with E-state index in [1.807, 2.05) is 0 Å². The molecule has 3 rings (SSSR count). The van der Waals surface area contributed by atoms with Crippen LogP contribution in [0.1, 0.15) is 16.7 Å². The molecule has 0 unspecified atom stereocenters. The van der Waals surface area contributed by atoms with Crippen LogP contribution < -0.4 is 0 Å². The van der Waals surface area contributed by atoms with Crippen LogP contribution in [-0.2, 0) is 10.1 Å². The lowest BCUT2D eigenvalue weighted by Gasteiger charge is -2.12. The van der Waals surface area contributed by atoms with Crippen molar-refractivity contribution in [1.29, 1.82) is 0 Å². The lowest BCUT2D eigenvalue weighted by atomic mass is 9.85. The van der Waals surface area contributed by atoms with Crippen molar-refractivity contribution in [3.63, 3.8) is 0 Å². The van der Waals surface area contributed by atoms with Gasteiger partial charge in [0.2, 0.25) is 0 Å². The van der Waals surface area contributed by atoms with Gasteiger partial charge in [-0.25, -0.2) is 8.42 Å². The number of benzene rings is 3. The van der Waals surface area contributed by atoms with Gasteiger partial charge in [0.15, 0.2) is 10.1 Å². The van der Waals surface area contributed by atoms with Crippen molar-refractivity contribution < 1.29 is 26.1 Å². The van der Waals surface area contributed by atoms with E-state index in [-0.39, 0.29) is 0 Å². The third-order valence-electron chi connectivity index (χ3n) is 3.47. The number of hydrogen-bond acceptors (Lipinski definition) is 3. The molecule has 0 atom stereocenters. The van der Waals surface area contributed by atoms with E-state index in [2.05, 4.69) is 91.0 Å². The third-order valence-corrected chi connectivity index (χ3v) is 4.04. The highest BCUT2D eigenvalue weighted by Gasteiger charge is 2.36. The van der Waals surface area contributed by atoms with Crippen LogP contribution in [0.25, 0.3) is 0 Å². The van der Waals surface area contributed by atoms with Gasteiger partial charge in [0.25, 0.3) is 0 Å². The maximum atomic E-state index is 10.7. The molecule has 0 bridgehead atoms. The second kappa shape index (κ2) is 8.75. The summed E-state index contributed by atoms with van der Waals surface area (Å²) in [6.45, 7) is 0. The number of hydrogen-bond donors (Lipinski definition) is 0. The van der Waals surface area contributed by atoms with E-state index in [0.29, 0.717) is 0 Å². The van der Waals surface area contributed by atoms with E-state index < -0.39 is 15.6 Å². The smallest absolute Gasteiger partial charge is 0.485 e. The van der Waals surface area contributed by atoms with Gasteiger partial charge < -0.3 is 4.55 Å². The summed E-state index contributed by atoms with van der Waals surface area (Å²) in [6, 6.07) is 31.6. The Bertz CT molecular complexity index is 833. The minimum Gasteiger partial charge on any atom is -0.741 e. The predicted octanol–water partition coefficient (Wildman–Crippen LogP) is 4.76. The molecule has 0 saturated carbocycles. The van der Waals surface area contributed by atoms with Crippen LogP contribution in [0.2, 0.25) is 0 Å². The van der Waals surface area contributed by atoms with Gasteiger partial charge in [0.1, 0.15) is 0 Å². The van der Waals surface area contributed by atoms with Crippen molar-refractivity contribution in [1.82, 2.24) is 0 Å². The standard InChI is InChI=1S/C19H15.CHF3O3S/c1-4-10-16(11-5-1)19(17-12-6-2-7-13-17)18-14-8-3-9-15-18;2-1(3,4)8(5,6)7/h1-15H;(H,5,6,7)/q+1;/p-1. The molecule has 0 heterocycles. The molecule has 0 amide bonds. The fourth-order valence-corrected chi connectivity index (χ4v) is 2.31. The Morgan fingerprint density at radius 3 is 1.04 bits per heavy atom. The molecule has 3 nitrogen and oxygen atoms in total. The first-order valence-corrected chi connectivity index (χ1v) is 9.16. The van der Waals surface area contributed by atoms with Gasteiger partial charge in [-0.3, -0.25) is 0 Å². The van der Waals surface area contributed by atoms with E-state index in [1.165, 1.54) is 22.6 Å². The second-order valence-corrected chi connectivity index (χ2v) is 6.74. The molecule has 140 valence electrons. The summed E-state index contributed by atoms with van der Waals surface area (Å²) in [5.74, 6) is 1.28. The zero-order chi connectivity index (χ0) is 19.9. The average molecular weight is 392 g/mol. The van der Waals surface area contributed by atoms with Crippen LogP contribution in [0, 0.1) is 5.92 Å². The molecule has 0 saturated heterocycles. The minimum atomic E-state index is -6.09. The predicted molar refractivity (Wildman–Crippen MR) is 95.6 cm³/mol. The second-order valence-electron chi connectivity index (χ2n) is 5.37. The number of rotatable bonds is 3. The summed E-state index contributed by atoms with van der Waals surface area (Å²) in [5, 5.41) is 0. The molecular weight excluding hydrogens is 377 g/mol. The highest BCUT2D eigenvalue weighted by Crippen LogP contribution is 2.30. The van der Waals surface area contributed by atoms with E-state index in [9.17, 15) is 13.2 Å². The van der Waals surface area contributed by atoms with Crippen molar-refractivity contribution in [2.24, 2.45) is 0 Å². The monoisotopic (exact) mass is 392 g/mol. The summed E-state index contributed by atoms with van der Waals surface area (Å²) >= 11 is 0. The molecule has 3 aromatic rings. The van der Waals surface area contributed by atoms with Gasteiger partial charge in [0.05, 0.1) is 22.6 Å². The summed E-state index contributed by atoms with van der Waals surface area (Å²) in [6.07, 6.45) is 0. The normalized spacial score (nSPS) is 11.3. The van der Waals surface area contributed by atoms with Crippen molar-refractivity contribution in [2.45, 2.75) is 5.51 Å². The molecule has 0 aliphatic carbocycles. The van der Waals surface area contributed by atoms with Crippen LogP contribution >= 0.6 is 0 Å². The molecule has 0 aliphatic heterocycles. The zero-order valence-corrected chi connectivity index (χ0v) is 14.7. The summed E-state index contributed by atoms with van der Waals surface area (Å²) in [5.41, 5.74) is -1.90. The Hall–Kier alpha value is -2.77. The molecule has 0 fully saturated rings. The summed E-state index contributed by atoms with van der Waals surface area (Å²) < 4.78 is 58.9. The highest BCUT2D eigenvalue weighted by molar-refractivity contribution is 7.86. The SMILES string of the molecule is O=S(=O)([O-])C(F)(F)F.c1ccc([C+](c2ccccc2)c2ccccc2)cc1. The molecule has 0 aromatic heterocycles. The van der Waals surface area contributed by atoms with Crippen molar-refractivity contribution in [3.8, 4) is 0 Å². The molecule has 3 aromatic carbocycles. The largest absolute Gasteiger partial charge is 0.741 e. The molecule has 0 N–H and O–H groups in total. The first-order valence-electron chi connectivity index (χ1n) is 7.75. The highest BCUT2D eigenvalue weighted by atomic mass is 32.2. The Kier molecular flexibility index (Phi) is 6.65. The van der Waals surface area contributed by atoms with Gasteiger partial charge >= 0.3 is 5.51 Å². The quantitative estimate of drug-likeness (QED) is 0.280. The zero-order valence-electron chi connectivity index (χ0n) is 13.9. The van der Waals surface area contributed by atoms with E-state index in [4.69, 9.17) is 13.0 Å². The number of halogens is 3. The molecule has 0 spiro atoms. The van der Waals surface area contributed by atoms with E-state index in [0.717, 1.165) is 0 Å². The third kappa shape index (κ3) is 5.87. The molecule has 7 heteroatoms. The number of alkyl halides is 3. The lowest BCUT2D eigenvalue weighted by molar-refractivity contribution is -0.0517. The van der Waals surface area contributed by atoms with Crippen LogP contribution in [0.4, 0.5) is 13.2 Å². The van der Waals surface area contributed by atoms with Crippen LogP contribution in [0.3, 0.4) is 0 Å². The van der Waals surface area contributed by atoms with Gasteiger partial charge in [0, 0.05) is 0 Å². The molecule has 27 heavy (non-hydrogen) atoms. The van der Waals surface area contributed by atoms with Gasteiger partial charge in [-0.2, -0.15) is 13.2 Å². The van der Waals surface area contributed by atoms with Crippen LogP contribution in [0.15, 0.2) is 91.0 Å². The van der Waals surface area contributed by atoms with Crippen molar-refractivity contribution in [2.75, 3.05) is 0 Å². The Morgan fingerprint density at radius 1 is 0.630 bits per heavy atom. The fraction of sp³-hybridized carbons (Fsp3) is 0.0500. The Morgan fingerprint density at radius 2 is 0.852 bits per heavy atom. The average Bonchev–Trinajstić information content (AvgIpc) is 2.64. The van der Waals surface area contributed by atoms with E-state index in [1.54, 1.807) is 0 Å². The maximum absolute atomic E-state index is 10.7. The van der Waals surface area contributed by atoms with Gasteiger partial charge in [-0.15, -0.1) is 0 Å². The Balaban J connectivity index is 0.000000279. The molecule has 0 aliphatic rings. The minimum absolute atomic E-state index is 1.25. The molecule has 0 radical (unpaired) electrons. The van der Waals surface area contributed by atoms with Gasteiger partial charge in [-0.1, -0.05) is 18.2 Å². The van der Waals surface area contributed by atoms with Crippen molar-refractivity contribution in [3.05, 3.63) is 114 Å². The lowest BCUT2D eigenvalue weighted by Crippen LogP contribution is -2.21. The van der Waals surface area contributed by atoms with Crippen LogP contribution in [-0.4, -0.2) is 18.5 Å². The van der Waals surface area contributed by atoms with E-state index >= 15 is 0 Å². The van der Waals surface area contributed by atoms with Crippen LogP contribution in [0.5, 0.6) is 0 Å².